The predicted octanol–water partition coefficient (Wildman–Crippen LogP) is 0.749. The minimum absolute atomic E-state index is 1.02. The molecule has 2 nitrogen and oxygen atoms in total. The van der Waals surface area contributed by atoms with E-state index in [9.17, 15) is 0 Å². The fourth-order valence-corrected chi connectivity index (χ4v) is 0.190. The largest absolute Gasteiger partial charge is 0.177 e. The Bertz CT molecular complexity index is 73.6. The van der Waals surface area contributed by atoms with Crippen LogP contribution in [0.5, 0.6) is 0 Å². The molecule has 0 aliphatic heterocycles. The molecule has 0 aliphatic carbocycles. The molecule has 0 unspecified atom stereocenters. The van der Waals surface area contributed by atoms with Crippen molar-refractivity contribution in [2.45, 2.75) is 0 Å². The van der Waals surface area contributed by atoms with Gasteiger partial charge in [0.15, 0.2) is 0 Å². The molecule has 6 heavy (non-hydrogen) atoms. The molecule has 0 rings (SSSR count). The third-order valence-electron chi connectivity index (χ3n) is 0.160. The summed E-state index contributed by atoms with van der Waals surface area (Å²) in [6.45, 7) is 3.17. The molecule has 0 fully saturated rings. The minimum Gasteiger partial charge on any atom is -0.177 e. The number of thiol groups is 2. The summed E-state index contributed by atoms with van der Waals surface area (Å²) in [6.07, 6.45) is 0. The van der Waals surface area contributed by atoms with Crippen LogP contribution >= 0.6 is 25.6 Å². The first-order valence-corrected chi connectivity index (χ1v) is 1.98. The van der Waals surface area contributed by atoms with Gasteiger partial charge in [-0.15, -0.1) is 5.10 Å². The van der Waals surface area contributed by atoms with Crippen molar-refractivity contribution in [2.75, 3.05) is 0 Å². The zero-order valence-corrected chi connectivity index (χ0v) is 4.78. The molecule has 0 N–H and O–H groups in total. The molecule has 0 aromatic heterocycles. The van der Waals surface area contributed by atoms with E-state index in [2.05, 4.69) is 43.2 Å². The zero-order chi connectivity index (χ0) is 4.99. The normalized spacial score (nSPS) is 6.33. The van der Waals surface area contributed by atoms with Gasteiger partial charge in [-0.1, -0.05) is 0 Å². The Hall–Kier alpha value is -0.0500. The Morgan fingerprint density at radius 1 is 1.67 bits per heavy atom. The number of rotatable bonds is 1. The lowest BCUT2D eigenvalue weighted by Gasteiger charge is -1.91. The average Bonchev–Trinajstić information content (AvgIpc) is 1.35. The van der Waals surface area contributed by atoms with Gasteiger partial charge in [0, 0.05) is 5.87 Å². The van der Waals surface area contributed by atoms with Gasteiger partial charge in [0.2, 0.25) is 0 Å². The maximum Gasteiger partial charge on any atom is 0.00227 e. The molecule has 0 heterocycles. The summed E-state index contributed by atoms with van der Waals surface area (Å²) in [6, 6.07) is 0. The van der Waals surface area contributed by atoms with Gasteiger partial charge in [0.1, 0.15) is 0 Å². The molecule has 34 valence electrons. The summed E-state index contributed by atoms with van der Waals surface area (Å²) in [5, 5.41) is 3.33. The second kappa shape index (κ2) is 3.15. The lowest BCUT2D eigenvalue weighted by Crippen LogP contribution is -1.78. The summed E-state index contributed by atoms with van der Waals surface area (Å²) in [7, 11) is 0. The van der Waals surface area contributed by atoms with Crippen LogP contribution in [0.1, 0.15) is 0 Å². The van der Waals surface area contributed by atoms with Crippen LogP contribution < -0.4 is 0 Å². The van der Waals surface area contributed by atoms with Crippen LogP contribution in [0.2, 0.25) is 0 Å². The summed E-state index contributed by atoms with van der Waals surface area (Å²) < 4.78 is 1.02. The van der Waals surface area contributed by atoms with Gasteiger partial charge < -0.3 is 0 Å². The molecule has 0 amide bonds. The molecule has 0 aromatic carbocycles. The summed E-state index contributed by atoms with van der Waals surface area (Å²) >= 11 is 7.21. The average molecular weight is 120 g/mol. The second-order valence-corrected chi connectivity index (χ2v) is 1.60. The lowest BCUT2D eigenvalue weighted by atomic mass is 11.2. The van der Waals surface area contributed by atoms with E-state index in [4.69, 9.17) is 0 Å². The molecule has 0 radical (unpaired) electrons. The van der Waals surface area contributed by atoms with Crippen molar-refractivity contribution in [1.82, 2.24) is 3.82 Å². The molecular weight excluding hydrogens is 116 g/mol. The molecule has 4 heteroatoms. The van der Waals surface area contributed by atoms with Crippen molar-refractivity contribution in [3.8, 4) is 0 Å². The first kappa shape index (κ1) is 5.95. The Morgan fingerprint density at radius 3 is 2.17 bits per heavy atom. The van der Waals surface area contributed by atoms with Crippen LogP contribution in [0.3, 0.4) is 0 Å². The third kappa shape index (κ3) is 3.95. The highest BCUT2D eigenvalue weighted by Crippen LogP contribution is 1.93. The monoisotopic (exact) mass is 120 g/mol. The van der Waals surface area contributed by atoms with E-state index >= 15 is 0 Å². The van der Waals surface area contributed by atoms with Crippen molar-refractivity contribution in [1.29, 1.82) is 0 Å². The molecule has 0 atom stereocenters. The SMILES string of the molecule is C=C=NN(S)S. The van der Waals surface area contributed by atoms with E-state index in [0.29, 0.717) is 0 Å². The molecule has 0 spiro atoms. The molecular formula is C2H4N2S2. The van der Waals surface area contributed by atoms with E-state index in [1.165, 1.54) is 0 Å². The Morgan fingerprint density at radius 2 is 2.17 bits per heavy atom. The topological polar surface area (TPSA) is 15.6 Å². The van der Waals surface area contributed by atoms with E-state index in [0.717, 1.165) is 3.82 Å². The van der Waals surface area contributed by atoms with Crippen molar-refractivity contribution in [3.05, 3.63) is 6.58 Å². The second-order valence-electron chi connectivity index (χ2n) is 0.526. The molecule has 0 saturated carbocycles. The number of hydrogen-bond acceptors (Lipinski definition) is 4. The Balaban J connectivity index is 3.29. The first-order valence-electron chi connectivity index (χ1n) is 1.18. The van der Waals surface area contributed by atoms with Crippen LogP contribution in [0.25, 0.3) is 0 Å². The van der Waals surface area contributed by atoms with Crippen LogP contribution in [0.4, 0.5) is 0 Å². The predicted molar refractivity (Wildman–Crippen MR) is 32.9 cm³/mol. The van der Waals surface area contributed by atoms with Gasteiger partial charge in [0.05, 0.1) is 0 Å². The zero-order valence-electron chi connectivity index (χ0n) is 3.00. The van der Waals surface area contributed by atoms with Gasteiger partial charge in [0.25, 0.3) is 0 Å². The number of nitrogens with zero attached hydrogens (tertiary/aromatic N) is 2. The first-order chi connectivity index (χ1) is 2.77. The smallest absolute Gasteiger partial charge is 0.00227 e. The maximum atomic E-state index is 3.61. The van der Waals surface area contributed by atoms with Crippen LogP contribution in [0, 0.1) is 0 Å². The van der Waals surface area contributed by atoms with Gasteiger partial charge in [-0.2, -0.15) is 3.82 Å². The molecule has 0 saturated heterocycles. The minimum atomic E-state index is 1.02. The van der Waals surface area contributed by atoms with Crippen molar-refractivity contribution < 1.29 is 0 Å². The Labute approximate surface area is 47.6 Å². The number of hydrogen-bond donors (Lipinski definition) is 2. The van der Waals surface area contributed by atoms with Gasteiger partial charge in [-0.05, 0) is 32.2 Å². The van der Waals surface area contributed by atoms with Gasteiger partial charge in [-0.25, -0.2) is 0 Å². The lowest BCUT2D eigenvalue weighted by molar-refractivity contribution is 0.853. The molecule has 0 aliphatic rings. The van der Waals surface area contributed by atoms with Gasteiger partial charge >= 0.3 is 0 Å². The van der Waals surface area contributed by atoms with Gasteiger partial charge in [-0.3, -0.25) is 0 Å². The van der Waals surface area contributed by atoms with E-state index < -0.39 is 0 Å². The van der Waals surface area contributed by atoms with Crippen LogP contribution in [0.15, 0.2) is 11.7 Å². The number of hydrazone groups is 1. The highest BCUT2D eigenvalue weighted by atomic mass is 32.2. The van der Waals surface area contributed by atoms with Crippen LogP contribution in [-0.2, 0) is 0 Å². The summed E-state index contributed by atoms with van der Waals surface area (Å²) in [5.74, 6) is 2.22. The fraction of sp³-hybridized carbons (Fsp3) is 0. The van der Waals surface area contributed by atoms with Crippen LogP contribution in [-0.4, -0.2) is 9.69 Å². The Kier molecular flexibility index (Phi) is 3.13. The highest BCUT2D eigenvalue weighted by Gasteiger charge is 1.69. The van der Waals surface area contributed by atoms with E-state index in [1.54, 1.807) is 0 Å². The standard InChI is InChI=1S/C2H4N2S2/c1-2-3-4(5)6/h5-6H,1H2. The van der Waals surface area contributed by atoms with E-state index in [1.807, 2.05) is 0 Å². The highest BCUT2D eigenvalue weighted by molar-refractivity contribution is 7.93. The molecule has 0 bridgehead atoms. The van der Waals surface area contributed by atoms with Crippen molar-refractivity contribution in [2.24, 2.45) is 5.10 Å². The molecule has 0 aromatic rings. The maximum absolute atomic E-state index is 3.61. The quantitative estimate of drug-likeness (QED) is 0.296. The van der Waals surface area contributed by atoms with Crippen molar-refractivity contribution >= 4 is 31.5 Å². The van der Waals surface area contributed by atoms with Crippen molar-refractivity contribution in [3.63, 3.8) is 0 Å². The summed E-state index contributed by atoms with van der Waals surface area (Å²) in [4.78, 5) is 0. The van der Waals surface area contributed by atoms with E-state index in [-0.39, 0.29) is 0 Å². The fourth-order valence-electron chi connectivity index (χ4n) is 0.0632. The summed E-state index contributed by atoms with van der Waals surface area (Å²) in [5.41, 5.74) is 0. The third-order valence-corrected chi connectivity index (χ3v) is 0.339.